The maximum atomic E-state index is 11.9. The van der Waals surface area contributed by atoms with Gasteiger partial charge in [-0.15, -0.1) is 0 Å². The van der Waals surface area contributed by atoms with Gasteiger partial charge in [-0.3, -0.25) is 4.79 Å². The van der Waals surface area contributed by atoms with Crippen molar-refractivity contribution in [2.24, 2.45) is 0 Å². The van der Waals surface area contributed by atoms with Crippen LogP contribution in [0.15, 0.2) is 18.2 Å². The number of hydrogen-bond donors (Lipinski definition) is 2. The topological polar surface area (TPSA) is 50.4 Å². The van der Waals surface area contributed by atoms with Gasteiger partial charge in [0.1, 0.15) is 13.2 Å². The Morgan fingerprint density at radius 2 is 2.24 bits per heavy atom. The van der Waals surface area contributed by atoms with E-state index < -0.39 is 25.3 Å². The molecule has 0 saturated carbocycles. The molecule has 0 bridgehead atoms. The van der Waals surface area contributed by atoms with Gasteiger partial charge in [0.2, 0.25) is 5.91 Å². The van der Waals surface area contributed by atoms with Gasteiger partial charge in [0.15, 0.2) is 0 Å². The average molecular weight is 302 g/mol. The fraction of sp³-hybridized carbons (Fsp3) is 0.500. The number of nitrogens with one attached hydrogen (secondary N) is 2. The molecule has 0 spiro atoms. The lowest BCUT2D eigenvalue weighted by Gasteiger charge is -2.26. The van der Waals surface area contributed by atoms with Crippen molar-refractivity contribution in [2.75, 3.05) is 23.8 Å². The summed E-state index contributed by atoms with van der Waals surface area (Å²) < 4.78 is 40.1. The second-order valence-electron chi connectivity index (χ2n) is 5.08. The highest BCUT2D eigenvalue weighted by Crippen LogP contribution is 2.32. The SMILES string of the molecule is CC1CCc2cccc(NC(=O)COCC(F)(F)F)c2N1. The number of rotatable bonds is 4. The minimum Gasteiger partial charge on any atom is -0.381 e. The van der Waals surface area contributed by atoms with Crippen molar-refractivity contribution in [3.63, 3.8) is 0 Å². The number of aryl methyl sites for hydroxylation is 1. The largest absolute Gasteiger partial charge is 0.411 e. The summed E-state index contributed by atoms with van der Waals surface area (Å²) in [4.78, 5) is 11.6. The zero-order valence-corrected chi connectivity index (χ0v) is 11.6. The predicted octanol–water partition coefficient (Wildman–Crippen LogP) is 2.95. The van der Waals surface area contributed by atoms with Crippen molar-refractivity contribution in [1.82, 2.24) is 0 Å². The van der Waals surface area contributed by atoms with E-state index in [2.05, 4.69) is 15.4 Å². The van der Waals surface area contributed by atoms with Gasteiger partial charge >= 0.3 is 6.18 Å². The minimum atomic E-state index is -4.43. The van der Waals surface area contributed by atoms with Crippen LogP contribution in [-0.4, -0.2) is 31.3 Å². The number of benzene rings is 1. The quantitative estimate of drug-likeness (QED) is 0.899. The molecule has 1 aromatic rings. The Morgan fingerprint density at radius 1 is 1.48 bits per heavy atom. The Labute approximate surface area is 120 Å². The first-order valence-corrected chi connectivity index (χ1v) is 6.68. The van der Waals surface area contributed by atoms with Crippen molar-refractivity contribution in [3.05, 3.63) is 23.8 Å². The average Bonchev–Trinajstić information content (AvgIpc) is 2.38. The van der Waals surface area contributed by atoms with Crippen molar-refractivity contribution in [2.45, 2.75) is 32.0 Å². The van der Waals surface area contributed by atoms with Crippen molar-refractivity contribution < 1.29 is 22.7 Å². The molecular formula is C14H17F3N2O2. The summed E-state index contributed by atoms with van der Waals surface area (Å²) in [5, 5.41) is 5.86. The molecule has 4 nitrogen and oxygen atoms in total. The molecule has 0 fully saturated rings. The Kier molecular flexibility index (Phi) is 4.72. The number of hydrogen-bond acceptors (Lipinski definition) is 3. The molecule has 2 N–H and O–H groups in total. The van der Waals surface area contributed by atoms with Crippen LogP contribution in [0, 0.1) is 0 Å². The number of ether oxygens (including phenoxy) is 1. The molecule has 1 unspecified atom stereocenters. The van der Waals surface area contributed by atoms with Crippen LogP contribution >= 0.6 is 0 Å². The first kappa shape index (κ1) is 15.6. The van der Waals surface area contributed by atoms with Crippen molar-refractivity contribution in [1.29, 1.82) is 0 Å². The summed E-state index contributed by atoms with van der Waals surface area (Å²) in [7, 11) is 0. The van der Waals surface area contributed by atoms with E-state index in [1.165, 1.54) is 0 Å². The van der Waals surface area contributed by atoms with Crippen molar-refractivity contribution in [3.8, 4) is 0 Å². The van der Waals surface area contributed by atoms with Crippen LogP contribution in [0.4, 0.5) is 24.5 Å². The Hall–Kier alpha value is -1.76. The van der Waals surface area contributed by atoms with E-state index in [4.69, 9.17) is 0 Å². The number of halogens is 3. The lowest BCUT2D eigenvalue weighted by Crippen LogP contribution is -2.26. The molecule has 1 atom stereocenters. The number of alkyl halides is 3. The van der Waals surface area contributed by atoms with Crippen LogP contribution in [0.3, 0.4) is 0 Å². The zero-order chi connectivity index (χ0) is 15.5. The van der Waals surface area contributed by atoms with E-state index in [9.17, 15) is 18.0 Å². The monoisotopic (exact) mass is 302 g/mol. The van der Waals surface area contributed by atoms with Gasteiger partial charge in [0.05, 0.1) is 11.4 Å². The van der Waals surface area contributed by atoms with Gasteiger partial charge in [-0.05, 0) is 31.4 Å². The molecule has 0 saturated heterocycles. The Bertz CT molecular complexity index is 517. The summed E-state index contributed by atoms with van der Waals surface area (Å²) in [6.07, 6.45) is -2.53. The molecule has 0 aromatic heterocycles. The number of carbonyl (C=O) groups excluding carboxylic acids is 1. The maximum absolute atomic E-state index is 11.9. The smallest absolute Gasteiger partial charge is 0.381 e. The third kappa shape index (κ3) is 4.63. The third-order valence-corrected chi connectivity index (χ3v) is 3.16. The van der Waals surface area contributed by atoms with E-state index in [-0.39, 0.29) is 6.04 Å². The number of carbonyl (C=O) groups is 1. The molecule has 7 heteroatoms. The van der Waals surface area contributed by atoms with Crippen LogP contribution in [0.25, 0.3) is 0 Å². The third-order valence-electron chi connectivity index (χ3n) is 3.16. The summed E-state index contributed by atoms with van der Waals surface area (Å²) in [6, 6.07) is 5.77. The summed E-state index contributed by atoms with van der Waals surface area (Å²) >= 11 is 0. The van der Waals surface area contributed by atoms with E-state index in [1.54, 1.807) is 6.07 Å². The molecule has 116 valence electrons. The van der Waals surface area contributed by atoms with Gasteiger partial charge in [0, 0.05) is 6.04 Å². The van der Waals surface area contributed by atoms with E-state index in [0.717, 1.165) is 24.1 Å². The minimum absolute atomic E-state index is 0.289. The molecule has 1 aromatic carbocycles. The Morgan fingerprint density at radius 3 is 2.95 bits per heavy atom. The summed E-state index contributed by atoms with van der Waals surface area (Å²) in [5.74, 6) is -0.604. The number of amides is 1. The van der Waals surface area contributed by atoms with Crippen LogP contribution < -0.4 is 10.6 Å². The number of para-hydroxylation sites is 1. The highest BCUT2D eigenvalue weighted by molar-refractivity contribution is 5.95. The normalized spacial score (nSPS) is 17.8. The summed E-state index contributed by atoms with van der Waals surface area (Å²) in [6.45, 7) is -0.0185. The molecule has 2 rings (SSSR count). The first-order chi connectivity index (χ1) is 9.85. The molecule has 1 aliphatic heterocycles. The van der Waals surface area contributed by atoms with Gasteiger partial charge in [-0.1, -0.05) is 12.1 Å². The lowest BCUT2D eigenvalue weighted by molar-refractivity contribution is -0.174. The van der Waals surface area contributed by atoms with Gasteiger partial charge in [-0.2, -0.15) is 13.2 Å². The van der Waals surface area contributed by atoms with Crippen LogP contribution in [0.2, 0.25) is 0 Å². The zero-order valence-electron chi connectivity index (χ0n) is 11.6. The predicted molar refractivity (Wildman–Crippen MR) is 73.4 cm³/mol. The van der Waals surface area contributed by atoms with Crippen molar-refractivity contribution >= 4 is 17.3 Å². The van der Waals surface area contributed by atoms with E-state index >= 15 is 0 Å². The fourth-order valence-corrected chi connectivity index (χ4v) is 2.22. The molecule has 21 heavy (non-hydrogen) atoms. The highest BCUT2D eigenvalue weighted by atomic mass is 19.4. The molecule has 0 aliphatic carbocycles. The van der Waals surface area contributed by atoms with Crippen LogP contribution in [-0.2, 0) is 16.0 Å². The van der Waals surface area contributed by atoms with E-state index in [1.807, 2.05) is 19.1 Å². The number of anilines is 2. The molecule has 1 amide bonds. The Balaban J connectivity index is 1.95. The highest BCUT2D eigenvalue weighted by Gasteiger charge is 2.28. The fourth-order valence-electron chi connectivity index (χ4n) is 2.22. The molecule has 1 heterocycles. The lowest BCUT2D eigenvalue weighted by atomic mass is 9.98. The maximum Gasteiger partial charge on any atom is 0.411 e. The van der Waals surface area contributed by atoms with Gasteiger partial charge in [-0.25, -0.2) is 0 Å². The van der Waals surface area contributed by atoms with Crippen LogP contribution in [0.1, 0.15) is 18.9 Å². The standard InChI is InChI=1S/C14H17F3N2O2/c1-9-5-6-10-3-2-4-11(13(10)18-9)19-12(20)7-21-8-14(15,16)17/h2-4,9,18H,5-8H2,1H3,(H,19,20). The second kappa shape index (κ2) is 6.34. The molecule has 1 aliphatic rings. The summed E-state index contributed by atoms with van der Waals surface area (Å²) in [5.41, 5.74) is 2.49. The molecule has 0 radical (unpaired) electrons. The molecular weight excluding hydrogens is 285 g/mol. The van der Waals surface area contributed by atoms with E-state index in [0.29, 0.717) is 5.69 Å². The first-order valence-electron chi connectivity index (χ1n) is 6.68. The van der Waals surface area contributed by atoms with Gasteiger partial charge in [0.25, 0.3) is 0 Å². The van der Waals surface area contributed by atoms with Gasteiger partial charge < -0.3 is 15.4 Å². The second-order valence-corrected chi connectivity index (χ2v) is 5.08. The number of fused-ring (bicyclic) bond motifs is 1. The van der Waals surface area contributed by atoms with Crippen LogP contribution in [0.5, 0.6) is 0 Å².